The summed E-state index contributed by atoms with van der Waals surface area (Å²) in [6.07, 6.45) is 1.43. The summed E-state index contributed by atoms with van der Waals surface area (Å²) < 4.78 is 25.2. The predicted octanol–water partition coefficient (Wildman–Crippen LogP) is 5.29. The summed E-state index contributed by atoms with van der Waals surface area (Å²) in [5.74, 6) is -1.88. The van der Waals surface area contributed by atoms with Crippen LogP contribution in [0.3, 0.4) is 0 Å². The monoisotopic (exact) mass is 499 g/mol. The molecule has 0 aliphatic carbocycles. The first-order valence-corrected chi connectivity index (χ1v) is 11.6. The summed E-state index contributed by atoms with van der Waals surface area (Å²) in [7, 11) is 1.54. The summed E-state index contributed by atoms with van der Waals surface area (Å²) in [6.45, 7) is 1.78. The number of para-hydroxylation sites is 1. The number of halogens is 1. The van der Waals surface area contributed by atoms with E-state index < -0.39 is 23.5 Å². The minimum atomic E-state index is -1.09. The molecule has 7 nitrogen and oxygen atoms in total. The van der Waals surface area contributed by atoms with Gasteiger partial charge in [0.25, 0.3) is 5.91 Å². The van der Waals surface area contributed by atoms with Crippen molar-refractivity contribution in [1.29, 1.82) is 0 Å². The Morgan fingerprint density at radius 2 is 1.70 bits per heavy atom. The van der Waals surface area contributed by atoms with E-state index >= 15 is 0 Å². The van der Waals surface area contributed by atoms with E-state index in [4.69, 9.17) is 9.47 Å². The number of nitrogens with one attached hydrogen (secondary N) is 2. The number of carbonyl (C=O) groups is 2. The third-order valence-electron chi connectivity index (χ3n) is 5.76. The third-order valence-corrected chi connectivity index (χ3v) is 5.76. The number of ether oxygens (including phenoxy) is 2. The topological polar surface area (TPSA) is 89.0 Å². The van der Waals surface area contributed by atoms with Crippen LogP contribution >= 0.6 is 0 Å². The van der Waals surface area contributed by atoms with Crippen molar-refractivity contribution in [1.82, 2.24) is 5.43 Å². The Labute approximate surface area is 213 Å². The van der Waals surface area contributed by atoms with E-state index in [9.17, 15) is 14.0 Å². The summed E-state index contributed by atoms with van der Waals surface area (Å²) >= 11 is 0. The molecule has 2 amide bonds. The van der Waals surface area contributed by atoms with E-state index in [0.717, 1.165) is 16.3 Å². The zero-order valence-electron chi connectivity index (χ0n) is 20.4. The molecular formula is C29H26FN3O4. The van der Waals surface area contributed by atoms with Crippen LogP contribution in [0.4, 0.5) is 10.1 Å². The molecule has 0 fully saturated rings. The van der Waals surface area contributed by atoms with E-state index in [2.05, 4.69) is 34.0 Å². The van der Waals surface area contributed by atoms with Crippen LogP contribution in [0, 0.1) is 11.7 Å². The van der Waals surface area contributed by atoms with Gasteiger partial charge >= 0.3 is 0 Å². The molecule has 4 rings (SSSR count). The lowest BCUT2D eigenvalue weighted by molar-refractivity contribution is -0.131. The second kappa shape index (κ2) is 11.8. The van der Waals surface area contributed by atoms with Crippen molar-refractivity contribution in [2.24, 2.45) is 11.0 Å². The Kier molecular flexibility index (Phi) is 8.10. The van der Waals surface area contributed by atoms with Gasteiger partial charge in [-0.2, -0.15) is 5.10 Å². The number of fused-ring (bicyclic) bond motifs is 1. The van der Waals surface area contributed by atoms with Gasteiger partial charge in [0.2, 0.25) is 5.91 Å². The molecule has 0 spiro atoms. The highest BCUT2D eigenvalue weighted by atomic mass is 19.1. The summed E-state index contributed by atoms with van der Waals surface area (Å²) in [4.78, 5) is 24.6. The van der Waals surface area contributed by atoms with Crippen molar-refractivity contribution in [3.05, 3.63) is 102 Å². The molecule has 188 valence electrons. The number of amides is 2. The molecule has 1 unspecified atom stereocenters. The van der Waals surface area contributed by atoms with Crippen LogP contribution in [-0.2, 0) is 16.2 Å². The maximum Gasteiger partial charge on any atom is 0.252 e. The second-order valence-corrected chi connectivity index (χ2v) is 8.26. The lowest BCUT2D eigenvalue weighted by atomic mass is 10.1. The van der Waals surface area contributed by atoms with Gasteiger partial charge in [0.1, 0.15) is 18.3 Å². The molecule has 0 bridgehead atoms. The van der Waals surface area contributed by atoms with E-state index in [-0.39, 0.29) is 5.69 Å². The molecule has 8 heteroatoms. The van der Waals surface area contributed by atoms with E-state index in [1.54, 1.807) is 31.4 Å². The smallest absolute Gasteiger partial charge is 0.252 e. The Morgan fingerprint density at radius 1 is 0.946 bits per heavy atom. The normalized spacial score (nSPS) is 11.8. The fourth-order valence-electron chi connectivity index (χ4n) is 3.65. The molecular weight excluding hydrogens is 473 g/mol. The van der Waals surface area contributed by atoms with E-state index in [1.807, 2.05) is 24.3 Å². The van der Waals surface area contributed by atoms with Crippen molar-refractivity contribution < 1.29 is 23.5 Å². The van der Waals surface area contributed by atoms with Gasteiger partial charge in [0.15, 0.2) is 11.5 Å². The van der Waals surface area contributed by atoms with Crippen LogP contribution in [0.2, 0.25) is 0 Å². The minimum Gasteiger partial charge on any atom is -0.493 e. The number of hydrogen-bond donors (Lipinski definition) is 2. The largest absolute Gasteiger partial charge is 0.493 e. The molecule has 37 heavy (non-hydrogen) atoms. The first-order chi connectivity index (χ1) is 18.0. The van der Waals surface area contributed by atoms with Crippen molar-refractivity contribution in [2.75, 3.05) is 12.4 Å². The van der Waals surface area contributed by atoms with E-state index in [0.29, 0.717) is 23.7 Å². The van der Waals surface area contributed by atoms with Crippen molar-refractivity contribution in [3.8, 4) is 11.5 Å². The van der Waals surface area contributed by atoms with Crippen LogP contribution in [-0.4, -0.2) is 25.1 Å². The van der Waals surface area contributed by atoms with Gasteiger partial charge in [0, 0.05) is 0 Å². The van der Waals surface area contributed by atoms with Crippen LogP contribution in [0.15, 0.2) is 90.0 Å². The highest BCUT2D eigenvalue weighted by Gasteiger charge is 2.22. The standard InChI is InChI=1S/C29H26FN3O4/c1-19(28(34)32-25-13-6-5-12-24(25)30)29(35)33-31-17-20-14-15-26(27(16-20)36-2)37-18-22-10-7-9-21-8-3-4-11-23(21)22/h3-17,19H,18H2,1-2H3,(H,32,34)(H,33,35). The van der Waals surface area contributed by atoms with Gasteiger partial charge < -0.3 is 14.8 Å². The molecule has 4 aromatic carbocycles. The highest BCUT2D eigenvalue weighted by molar-refractivity contribution is 6.06. The Morgan fingerprint density at radius 3 is 2.51 bits per heavy atom. The average molecular weight is 500 g/mol. The van der Waals surface area contributed by atoms with Gasteiger partial charge in [-0.1, -0.05) is 54.6 Å². The summed E-state index contributed by atoms with van der Waals surface area (Å²) in [5.41, 5.74) is 4.05. The van der Waals surface area contributed by atoms with Gasteiger partial charge in [-0.05, 0) is 59.2 Å². The number of anilines is 1. The van der Waals surface area contributed by atoms with Crippen LogP contribution < -0.4 is 20.2 Å². The van der Waals surface area contributed by atoms with Gasteiger partial charge in [-0.3, -0.25) is 9.59 Å². The zero-order valence-corrected chi connectivity index (χ0v) is 20.4. The van der Waals surface area contributed by atoms with Crippen molar-refractivity contribution >= 4 is 34.5 Å². The highest BCUT2D eigenvalue weighted by Crippen LogP contribution is 2.29. The third kappa shape index (κ3) is 6.29. The maximum absolute atomic E-state index is 13.7. The number of rotatable bonds is 9. The molecule has 0 aliphatic heterocycles. The van der Waals surface area contributed by atoms with Gasteiger partial charge in [0.05, 0.1) is 19.0 Å². The first-order valence-electron chi connectivity index (χ1n) is 11.6. The number of hydrazone groups is 1. The molecule has 0 radical (unpaired) electrons. The molecule has 0 aliphatic rings. The molecule has 1 atom stereocenters. The van der Waals surface area contributed by atoms with Crippen molar-refractivity contribution in [3.63, 3.8) is 0 Å². The fraction of sp³-hybridized carbons (Fsp3) is 0.138. The second-order valence-electron chi connectivity index (χ2n) is 8.26. The average Bonchev–Trinajstić information content (AvgIpc) is 2.92. The molecule has 0 saturated heterocycles. The number of methoxy groups -OCH3 is 1. The van der Waals surface area contributed by atoms with Crippen molar-refractivity contribution in [2.45, 2.75) is 13.5 Å². The summed E-state index contributed by atoms with van der Waals surface area (Å²) in [5, 5.41) is 8.59. The Hall–Kier alpha value is -4.72. The lowest BCUT2D eigenvalue weighted by Crippen LogP contribution is -2.34. The van der Waals surface area contributed by atoms with Gasteiger partial charge in [-0.15, -0.1) is 0 Å². The molecule has 0 saturated carbocycles. The fourth-order valence-corrected chi connectivity index (χ4v) is 3.65. The minimum absolute atomic E-state index is 0.00510. The van der Waals surface area contributed by atoms with Crippen LogP contribution in [0.1, 0.15) is 18.1 Å². The van der Waals surface area contributed by atoms with Crippen LogP contribution in [0.5, 0.6) is 11.5 Å². The predicted molar refractivity (Wildman–Crippen MR) is 141 cm³/mol. The lowest BCUT2D eigenvalue weighted by Gasteiger charge is -2.13. The quantitative estimate of drug-likeness (QED) is 0.186. The Bertz CT molecular complexity index is 1450. The number of benzene rings is 4. The number of hydrogen-bond acceptors (Lipinski definition) is 5. The molecule has 4 aromatic rings. The van der Waals surface area contributed by atoms with Crippen LogP contribution in [0.25, 0.3) is 10.8 Å². The molecule has 0 heterocycles. The number of carbonyl (C=O) groups excluding carboxylic acids is 2. The summed E-state index contributed by atoms with van der Waals surface area (Å²) in [6, 6.07) is 25.2. The SMILES string of the molecule is COc1cc(C=NNC(=O)C(C)C(=O)Nc2ccccc2F)ccc1OCc1cccc2ccccc12. The first kappa shape index (κ1) is 25.4. The molecule has 0 aromatic heterocycles. The molecule has 2 N–H and O–H groups in total. The van der Waals surface area contributed by atoms with Gasteiger partial charge in [-0.25, -0.2) is 9.82 Å². The van der Waals surface area contributed by atoms with E-state index in [1.165, 1.54) is 31.3 Å². The number of nitrogens with zero attached hydrogens (tertiary/aromatic N) is 1. The zero-order chi connectivity index (χ0) is 26.2. The Balaban J connectivity index is 1.35. The maximum atomic E-state index is 13.7.